The molecule has 0 spiro atoms. The van der Waals surface area contributed by atoms with Crippen LogP contribution in [0.25, 0.3) is 0 Å². The summed E-state index contributed by atoms with van der Waals surface area (Å²) >= 11 is 1.28. The fraction of sp³-hybridized carbons (Fsp3) is 0.263. The average molecular weight is 391 g/mol. The van der Waals surface area contributed by atoms with Crippen molar-refractivity contribution in [2.45, 2.75) is 4.90 Å². The first-order valence-corrected chi connectivity index (χ1v) is 9.29. The molecular formula is C19H22FN3O3S. The van der Waals surface area contributed by atoms with Gasteiger partial charge in [0.2, 0.25) is 11.8 Å². The molecule has 0 radical (unpaired) electrons. The minimum Gasteiger partial charge on any atom is -0.492 e. The molecule has 0 aromatic heterocycles. The second-order valence-electron chi connectivity index (χ2n) is 5.84. The Morgan fingerprint density at radius 3 is 2.59 bits per heavy atom. The van der Waals surface area contributed by atoms with Gasteiger partial charge in [-0.15, -0.1) is 11.8 Å². The molecule has 0 bridgehead atoms. The van der Waals surface area contributed by atoms with Crippen LogP contribution in [-0.4, -0.2) is 49.2 Å². The lowest BCUT2D eigenvalue weighted by Gasteiger charge is -2.17. The third kappa shape index (κ3) is 7.67. The van der Waals surface area contributed by atoms with Gasteiger partial charge in [-0.2, -0.15) is 0 Å². The van der Waals surface area contributed by atoms with Crippen molar-refractivity contribution in [1.29, 1.82) is 0 Å². The van der Waals surface area contributed by atoms with Gasteiger partial charge in [-0.1, -0.05) is 12.1 Å². The predicted molar refractivity (Wildman–Crippen MR) is 104 cm³/mol. The SMILES string of the molecule is CN(CCOc1ccc(F)cc1)CC(=O)Nc1ccccc1SCC(N)=O. The molecule has 27 heavy (non-hydrogen) atoms. The van der Waals surface area contributed by atoms with Crippen molar-refractivity contribution < 1.29 is 18.7 Å². The highest BCUT2D eigenvalue weighted by Gasteiger charge is 2.10. The molecule has 8 heteroatoms. The van der Waals surface area contributed by atoms with Crippen LogP contribution in [0.5, 0.6) is 5.75 Å². The highest BCUT2D eigenvalue weighted by molar-refractivity contribution is 8.00. The number of hydrogen-bond donors (Lipinski definition) is 2. The number of benzene rings is 2. The summed E-state index contributed by atoms with van der Waals surface area (Å²) in [5.74, 6) is -0.179. The highest BCUT2D eigenvalue weighted by Crippen LogP contribution is 2.26. The number of carbonyl (C=O) groups excluding carboxylic acids is 2. The van der Waals surface area contributed by atoms with Crippen LogP contribution in [0.1, 0.15) is 0 Å². The van der Waals surface area contributed by atoms with E-state index in [1.165, 1.54) is 23.9 Å². The highest BCUT2D eigenvalue weighted by atomic mass is 32.2. The average Bonchev–Trinajstić information content (AvgIpc) is 2.62. The molecule has 6 nitrogen and oxygen atoms in total. The predicted octanol–water partition coefficient (Wildman–Crippen LogP) is 2.35. The van der Waals surface area contributed by atoms with Gasteiger partial charge in [-0.25, -0.2) is 4.39 Å². The van der Waals surface area contributed by atoms with Crippen LogP contribution in [0.2, 0.25) is 0 Å². The van der Waals surface area contributed by atoms with Crippen LogP contribution in [-0.2, 0) is 9.59 Å². The normalized spacial score (nSPS) is 10.6. The zero-order chi connectivity index (χ0) is 19.6. The monoisotopic (exact) mass is 391 g/mol. The van der Waals surface area contributed by atoms with Gasteiger partial charge in [-0.3, -0.25) is 14.5 Å². The molecule has 2 aromatic rings. The molecule has 144 valence electrons. The van der Waals surface area contributed by atoms with Crippen LogP contribution in [0.3, 0.4) is 0 Å². The van der Waals surface area contributed by atoms with Crippen LogP contribution < -0.4 is 15.8 Å². The third-order valence-electron chi connectivity index (χ3n) is 3.50. The standard InChI is InChI=1S/C19H22FN3O3S/c1-23(10-11-26-15-8-6-14(20)7-9-15)12-19(25)22-16-4-2-3-5-17(16)27-13-18(21)24/h2-9H,10-13H2,1H3,(H2,21,24)(H,22,25). The Balaban J connectivity index is 1.77. The minimum absolute atomic E-state index is 0.146. The van der Waals surface area contributed by atoms with Crippen LogP contribution >= 0.6 is 11.8 Å². The Hall–Kier alpha value is -2.58. The molecule has 0 aliphatic carbocycles. The first-order chi connectivity index (χ1) is 12.9. The topological polar surface area (TPSA) is 84.7 Å². The zero-order valence-corrected chi connectivity index (χ0v) is 15.8. The van der Waals surface area contributed by atoms with Gasteiger partial charge >= 0.3 is 0 Å². The number of likely N-dealkylation sites (N-methyl/N-ethyl adjacent to an activating group) is 1. The number of anilines is 1. The Morgan fingerprint density at radius 1 is 1.19 bits per heavy atom. The van der Waals surface area contributed by atoms with Crippen molar-refractivity contribution in [2.24, 2.45) is 5.73 Å². The number of primary amides is 1. The van der Waals surface area contributed by atoms with E-state index < -0.39 is 5.91 Å². The second-order valence-corrected chi connectivity index (χ2v) is 6.86. The lowest BCUT2D eigenvalue weighted by molar-refractivity contribution is -0.117. The number of ether oxygens (including phenoxy) is 1. The minimum atomic E-state index is -0.415. The van der Waals surface area contributed by atoms with E-state index in [-0.39, 0.29) is 24.0 Å². The number of carbonyl (C=O) groups is 2. The number of amides is 2. The number of para-hydroxylation sites is 1. The summed E-state index contributed by atoms with van der Waals surface area (Å²) in [6.07, 6.45) is 0. The Morgan fingerprint density at radius 2 is 1.89 bits per heavy atom. The molecule has 0 heterocycles. The number of thioether (sulfide) groups is 1. The summed E-state index contributed by atoms with van der Waals surface area (Å²) in [6, 6.07) is 13.0. The summed E-state index contributed by atoms with van der Waals surface area (Å²) in [4.78, 5) is 25.8. The summed E-state index contributed by atoms with van der Waals surface area (Å²) < 4.78 is 18.4. The first-order valence-electron chi connectivity index (χ1n) is 8.31. The number of halogens is 1. The third-order valence-corrected chi connectivity index (χ3v) is 4.60. The molecule has 0 fully saturated rings. The maximum Gasteiger partial charge on any atom is 0.238 e. The lowest BCUT2D eigenvalue weighted by Crippen LogP contribution is -2.33. The van der Waals surface area contributed by atoms with Crippen molar-refractivity contribution in [3.05, 3.63) is 54.3 Å². The second kappa shape index (κ2) is 10.5. The summed E-state index contributed by atoms with van der Waals surface area (Å²) in [6.45, 7) is 1.09. The van der Waals surface area contributed by atoms with Crippen LogP contribution in [0.15, 0.2) is 53.4 Å². The van der Waals surface area contributed by atoms with E-state index in [4.69, 9.17) is 10.5 Å². The van der Waals surface area contributed by atoms with Gasteiger partial charge in [0.25, 0.3) is 0 Å². The first kappa shape index (κ1) is 20.7. The van der Waals surface area contributed by atoms with E-state index in [0.717, 1.165) is 4.90 Å². The maximum absolute atomic E-state index is 12.8. The van der Waals surface area contributed by atoms with Crippen molar-refractivity contribution >= 4 is 29.3 Å². The van der Waals surface area contributed by atoms with Gasteiger partial charge in [-0.05, 0) is 43.4 Å². The largest absolute Gasteiger partial charge is 0.492 e. The van der Waals surface area contributed by atoms with Crippen molar-refractivity contribution in [3.63, 3.8) is 0 Å². The molecule has 0 unspecified atom stereocenters. The molecule has 0 aliphatic heterocycles. The molecule has 2 amide bonds. The molecule has 0 aliphatic rings. The number of nitrogens with two attached hydrogens (primary N) is 1. The fourth-order valence-electron chi connectivity index (χ4n) is 2.21. The number of rotatable bonds is 10. The Bertz CT molecular complexity index is 771. The molecule has 0 atom stereocenters. The summed E-state index contributed by atoms with van der Waals surface area (Å²) in [5.41, 5.74) is 5.81. The Kier molecular flexibility index (Phi) is 8.09. The maximum atomic E-state index is 12.8. The van der Waals surface area contributed by atoms with Crippen molar-refractivity contribution in [1.82, 2.24) is 4.90 Å². The zero-order valence-electron chi connectivity index (χ0n) is 15.0. The molecule has 0 saturated carbocycles. The van der Waals surface area contributed by atoms with Crippen molar-refractivity contribution in [3.8, 4) is 5.75 Å². The van der Waals surface area contributed by atoms with Crippen LogP contribution in [0.4, 0.5) is 10.1 Å². The molecular weight excluding hydrogens is 369 g/mol. The summed E-state index contributed by atoms with van der Waals surface area (Å²) in [7, 11) is 1.81. The summed E-state index contributed by atoms with van der Waals surface area (Å²) in [5, 5.41) is 2.84. The van der Waals surface area contributed by atoms with Gasteiger partial charge in [0, 0.05) is 11.4 Å². The molecule has 3 N–H and O–H groups in total. The van der Waals surface area contributed by atoms with E-state index in [9.17, 15) is 14.0 Å². The fourth-order valence-corrected chi connectivity index (χ4v) is 2.96. The van der Waals surface area contributed by atoms with Gasteiger partial charge in [0.15, 0.2) is 0 Å². The van der Waals surface area contributed by atoms with Gasteiger partial charge in [0.1, 0.15) is 18.2 Å². The van der Waals surface area contributed by atoms with E-state index in [1.807, 2.05) is 23.1 Å². The van der Waals surface area contributed by atoms with E-state index in [0.29, 0.717) is 24.6 Å². The quantitative estimate of drug-likeness (QED) is 0.608. The lowest BCUT2D eigenvalue weighted by atomic mass is 10.3. The van der Waals surface area contributed by atoms with E-state index >= 15 is 0 Å². The number of hydrogen-bond acceptors (Lipinski definition) is 5. The molecule has 0 saturated heterocycles. The van der Waals surface area contributed by atoms with Crippen LogP contribution in [0, 0.1) is 5.82 Å². The van der Waals surface area contributed by atoms with E-state index in [1.54, 1.807) is 25.2 Å². The Labute approximate surface area is 161 Å². The van der Waals surface area contributed by atoms with E-state index in [2.05, 4.69) is 5.32 Å². The number of nitrogens with zero attached hydrogens (tertiary/aromatic N) is 1. The smallest absolute Gasteiger partial charge is 0.238 e. The number of nitrogens with one attached hydrogen (secondary N) is 1. The van der Waals surface area contributed by atoms with Gasteiger partial charge in [0.05, 0.1) is 18.0 Å². The molecule has 2 aromatic carbocycles. The molecule has 2 rings (SSSR count). The van der Waals surface area contributed by atoms with Gasteiger partial charge < -0.3 is 15.8 Å². The van der Waals surface area contributed by atoms with Crippen molar-refractivity contribution in [2.75, 3.05) is 37.8 Å².